The number of fused-ring (bicyclic) bond motifs is 1. The fourth-order valence-electron chi connectivity index (χ4n) is 3.04. The number of benzene rings is 1. The second-order valence-corrected chi connectivity index (χ2v) is 5.51. The van der Waals surface area contributed by atoms with E-state index in [4.69, 9.17) is 4.74 Å². The van der Waals surface area contributed by atoms with Crippen molar-refractivity contribution in [2.75, 3.05) is 7.11 Å². The third kappa shape index (κ3) is 1.98. The molecule has 19 heavy (non-hydrogen) atoms. The van der Waals surface area contributed by atoms with Gasteiger partial charge in [-0.1, -0.05) is 18.2 Å². The molecular weight excluding hydrogens is 238 g/mol. The summed E-state index contributed by atoms with van der Waals surface area (Å²) in [6.45, 7) is 1.97. The molecule has 1 aliphatic carbocycles. The number of aryl methyl sites for hydroxylation is 1. The predicted molar refractivity (Wildman–Crippen MR) is 75.6 cm³/mol. The first-order valence-electron chi connectivity index (χ1n) is 6.81. The largest absolute Gasteiger partial charge is 0.378 e. The van der Waals surface area contributed by atoms with Crippen molar-refractivity contribution in [3.63, 3.8) is 0 Å². The van der Waals surface area contributed by atoms with Gasteiger partial charge in [0.2, 0.25) is 0 Å². The number of rotatable bonds is 4. The first-order chi connectivity index (χ1) is 9.15. The van der Waals surface area contributed by atoms with Crippen LogP contribution in [0.15, 0.2) is 24.3 Å². The Morgan fingerprint density at radius 1 is 1.37 bits per heavy atom. The Labute approximate surface area is 113 Å². The highest BCUT2D eigenvalue weighted by molar-refractivity contribution is 6.09. The van der Waals surface area contributed by atoms with Crippen LogP contribution in [-0.4, -0.2) is 23.5 Å². The number of Topliss-reactive ketones (excluding diaryl/α,β-unsaturated/α-hetero) is 1. The molecule has 1 N–H and O–H groups in total. The number of nitrogens with one attached hydrogen (secondary N) is 1. The summed E-state index contributed by atoms with van der Waals surface area (Å²) >= 11 is 0. The topological polar surface area (TPSA) is 42.1 Å². The van der Waals surface area contributed by atoms with Gasteiger partial charge >= 0.3 is 0 Å². The van der Waals surface area contributed by atoms with Crippen molar-refractivity contribution in [3.8, 4) is 0 Å². The number of hydrogen-bond acceptors (Lipinski definition) is 2. The molecule has 1 fully saturated rings. The van der Waals surface area contributed by atoms with Crippen LogP contribution in [-0.2, 0) is 4.74 Å². The molecular formula is C16H19NO2. The third-order valence-electron chi connectivity index (χ3n) is 4.35. The number of aromatic nitrogens is 1. The van der Waals surface area contributed by atoms with Gasteiger partial charge in [0.1, 0.15) is 0 Å². The van der Waals surface area contributed by atoms with Crippen LogP contribution < -0.4 is 0 Å². The van der Waals surface area contributed by atoms with E-state index in [0.717, 1.165) is 41.4 Å². The van der Waals surface area contributed by atoms with E-state index in [1.54, 1.807) is 7.11 Å². The number of methoxy groups -OCH3 is 1. The zero-order valence-corrected chi connectivity index (χ0v) is 11.5. The summed E-state index contributed by atoms with van der Waals surface area (Å²) in [6.07, 6.45) is 3.65. The molecule has 0 amide bonds. The lowest BCUT2D eigenvalue weighted by molar-refractivity contribution is -0.0704. The average Bonchev–Trinajstić information content (AvgIpc) is 2.69. The SMILES string of the molecule is COC1(CC(=O)c2c(C)[nH]c3ccccc23)CCC1. The van der Waals surface area contributed by atoms with Crippen molar-refractivity contribution in [1.82, 2.24) is 4.98 Å². The summed E-state index contributed by atoms with van der Waals surface area (Å²) in [5, 5.41) is 1.02. The van der Waals surface area contributed by atoms with Gasteiger partial charge in [0.05, 0.1) is 5.60 Å². The number of ketones is 1. The minimum atomic E-state index is -0.206. The highest BCUT2D eigenvalue weighted by atomic mass is 16.5. The van der Waals surface area contributed by atoms with E-state index in [-0.39, 0.29) is 11.4 Å². The zero-order chi connectivity index (χ0) is 13.5. The van der Waals surface area contributed by atoms with Gasteiger partial charge in [0.25, 0.3) is 0 Å². The summed E-state index contributed by atoms with van der Waals surface area (Å²) in [7, 11) is 1.72. The van der Waals surface area contributed by atoms with Crippen LogP contribution in [0.5, 0.6) is 0 Å². The van der Waals surface area contributed by atoms with Gasteiger partial charge in [-0.25, -0.2) is 0 Å². The van der Waals surface area contributed by atoms with Crippen molar-refractivity contribution >= 4 is 16.7 Å². The Bertz CT molecular complexity index is 617. The molecule has 1 saturated carbocycles. The van der Waals surface area contributed by atoms with Crippen LogP contribution in [0.25, 0.3) is 10.9 Å². The molecule has 1 aliphatic rings. The maximum absolute atomic E-state index is 12.6. The molecule has 3 nitrogen and oxygen atoms in total. The molecule has 1 aromatic heterocycles. The van der Waals surface area contributed by atoms with E-state index in [1.165, 1.54) is 0 Å². The van der Waals surface area contributed by atoms with Crippen LogP contribution in [0.4, 0.5) is 0 Å². The van der Waals surface area contributed by atoms with Gasteiger partial charge in [-0.2, -0.15) is 0 Å². The Morgan fingerprint density at radius 2 is 2.11 bits per heavy atom. The lowest BCUT2D eigenvalue weighted by atomic mass is 9.75. The second kappa shape index (κ2) is 4.49. The van der Waals surface area contributed by atoms with Crippen LogP contribution in [0.2, 0.25) is 0 Å². The van der Waals surface area contributed by atoms with E-state index in [1.807, 2.05) is 31.2 Å². The smallest absolute Gasteiger partial charge is 0.168 e. The van der Waals surface area contributed by atoms with Gasteiger partial charge < -0.3 is 9.72 Å². The molecule has 0 radical (unpaired) electrons. The molecule has 0 bridgehead atoms. The number of aromatic amines is 1. The Kier molecular flexibility index (Phi) is 2.94. The number of ether oxygens (including phenoxy) is 1. The minimum Gasteiger partial charge on any atom is -0.378 e. The van der Waals surface area contributed by atoms with E-state index >= 15 is 0 Å². The molecule has 0 atom stereocenters. The van der Waals surface area contributed by atoms with Gasteiger partial charge in [-0.3, -0.25) is 4.79 Å². The molecule has 3 rings (SSSR count). The fourth-order valence-corrected chi connectivity index (χ4v) is 3.04. The first kappa shape index (κ1) is 12.4. The van der Waals surface area contributed by atoms with E-state index in [9.17, 15) is 4.79 Å². The first-order valence-corrected chi connectivity index (χ1v) is 6.81. The molecule has 0 aliphatic heterocycles. The van der Waals surface area contributed by atoms with Crippen molar-refractivity contribution in [1.29, 1.82) is 0 Å². The summed E-state index contributed by atoms with van der Waals surface area (Å²) < 4.78 is 5.56. The molecule has 1 aromatic carbocycles. The lowest BCUT2D eigenvalue weighted by Crippen LogP contribution is -2.41. The quantitative estimate of drug-likeness (QED) is 0.850. The molecule has 1 heterocycles. The average molecular weight is 257 g/mol. The third-order valence-corrected chi connectivity index (χ3v) is 4.35. The van der Waals surface area contributed by atoms with Gasteiger partial charge in [-0.15, -0.1) is 0 Å². The van der Waals surface area contributed by atoms with Gasteiger partial charge in [0, 0.05) is 35.7 Å². The van der Waals surface area contributed by atoms with E-state index < -0.39 is 0 Å². The monoisotopic (exact) mass is 257 g/mol. The Balaban J connectivity index is 1.95. The Hall–Kier alpha value is -1.61. The number of H-pyrrole nitrogens is 1. The van der Waals surface area contributed by atoms with Crippen molar-refractivity contribution in [2.45, 2.75) is 38.2 Å². The van der Waals surface area contributed by atoms with Crippen molar-refractivity contribution in [2.24, 2.45) is 0 Å². The van der Waals surface area contributed by atoms with Crippen LogP contribution in [0.1, 0.15) is 41.7 Å². The number of carbonyl (C=O) groups is 1. The molecule has 0 spiro atoms. The van der Waals surface area contributed by atoms with Crippen LogP contribution in [0, 0.1) is 6.92 Å². The van der Waals surface area contributed by atoms with Gasteiger partial charge in [-0.05, 0) is 32.3 Å². The van der Waals surface area contributed by atoms with Crippen molar-refractivity contribution < 1.29 is 9.53 Å². The van der Waals surface area contributed by atoms with Crippen LogP contribution in [0.3, 0.4) is 0 Å². The summed E-state index contributed by atoms with van der Waals surface area (Å²) in [5.41, 5.74) is 2.61. The fraction of sp³-hybridized carbons (Fsp3) is 0.438. The van der Waals surface area contributed by atoms with E-state index in [0.29, 0.717) is 6.42 Å². The number of hydrogen-bond donors (Lipinski definition) is 1. The summed E-state index contributed by atoms with van der Waals surface area (Å²) in [6, 6.07) is 7.97. The highest BCUT2D eigenvalue weighted by Gasteiger charge is 2.39. The molecule has 0 saturated heterocycles. The van der Waals surface area contributed by atoms with Gasteiger partial charge in [0.15, 0.2) is 5.78 Å². The maximum atomic E-state index is 12.6. The standard InChI is InChI=1S/C16H19NO2/c1-11-15(12-6-3-4-7-13(12)17-11)14(18)10-16(19-2)8-5-9-16/h3-4,6-7,17H,5,8-10H2,1-2H3. The number of para-hydroxylation sites is 1. The molecule has 0 unspecified atom stereocenters. The van der Waals surface area contributed by atoms with Crippen molar-refractivity contribution in [3.05, 3.63) is 35.5 Å². The highest BCUT2D eigenvalue weighted by Crippen LogP contribution is 2.39. The minimum absolute atomic E-state index is 0.191. The second-order valence-electron chi connectivity index (χ2n) is 5.51. The normalized spacial score (nSPS) is 17.4. The Morgan fingerprint density at radius 3 is 2.74 bits per heavy atom. The predicted octanol–water partition coefficient (Wildman–Crippen LogP) is 3.62. The molecule has 3 heteroatoms. The molecule has 100 valence electrons. The van der Waals surface area contributed by atoms with E-state index in [2.05, 4.69) is 4.98 Å². The summed E-state index contributed by atoms with van der Waals surface area (Å²) in [4.78, 5) is 15.9. The number of carbonyl (C=O) groups excluding carboxylic acids is 1. The lowest BCUT2D eigenvalue weighted by Gasteiger charge is -2.40. The van der Waals surface area contributed by atoms with Crippen LogP contribution >= 0.6 is 0 Å². The molecule has 2 aromatic rings. The maximum Gasteiger partial charge on any atom is 0.168 e. The summed E-state index contributed by atoms with van der Waals surface area (Å²) in [5.74, 6) is 0.191. The zero-order valence-electron chi connectivity index (χ0n) is 11.5.